The number of nitrogens with zero attached hydrogens (tertiary/aromatic N) is 1. The Morgan fingerprint density at radius 3 is 2.88 bits per heavy atom. The number of hydrogen-bond acceptors (Lipinski definition) is 4. The predicted octanol–water partition coefficient (Wildman–Crippen LogP) is 2.99. The molecule has 5 nitrogen and oxygen atoms in total. The lowest BCUT2D eigenvalue weighted by Crippen LogP contribution is -2.53. The van der Waals surface area contributed by atoms with Crippen molar-refractivity contribution in [3.05, 3.63) is 35.6 Å². The molecule has 3 atom stereocenters. The largest absolute Gasteiger partial charge is 0.392 e. The van der Waals surface area contributed by atoms with Gasteiger partial charge in [0.2, 0.25) is 5.91 Å². The van der Waals surface area contributed by atoms with Crippen molar-refractivity contribution >= 4 is 11.6 Å². The zero-order valence-corrected chi connectivity index (χ0v) is 15.6. The van der Waals surface area contributed by atoms with E-state index in [-0.39, 0.29) is 23.9 Å². The van der Waals surface area contributed by atoms with Crippen molar-refractivity contribution in [1.82, 2.24) is 10.6 Å². The van der Waals surface area contributed by atoms with Gasteiger partial charge in [0.25, 0.3) is 0 Å². The Morgan fingerprint density at radius 1 is 1.46 bits per heavy atom. The molecule has 1 aromatic rings. The maximum Gasteiger partial charge on any atom is 0.227 e. The van der Waals surface area contributed by atoms with Crippen molar-refractivity contribution in [2.45, 2.75) is 58.1 Å². The summed E-state index contributed by atoms with van der Waals surface area (Å²) >= 11 is 0. The minimum Gasteiger partial charge on any atom is -0.392 e. The van der Waals surface area contributed by atoms with E-state index in [0.717, 1.165) is 37.1 Å². The van der Waals surface area contributed by atoms with Crippen molar-refractivity contribution in [2.75, 3.05) is 13.1 Å². The number of oxime groups is 1. The Labute approximate surface area is 154 Å². The lowest BCUT2D eigenvalue weighted by Gasteiger charge is -2.38. The third kappa shape index (κ3) is 4.23. The zero-order valence-electron chi connectivity index (χ0n) is 15.6. The number of benzene rings is 1. The molecule has 0 spiro atoms. The highest BCUT2D eigenvalue weighted by molar-refractivity contribution is 6.01. The maximum atomic E-state index is 13.1. The molecule has 26 heavy (non-hydrogen) atoms. The molecular formula is C20H28FN3O2. The fraction of sp³-hybridized carbons (Fsp3) is 0.600. The summed E-state index contributed by atoms with van der Waals surface area (Å²) in [6.07, 6.45) is 3.89. The van der Waals surface area contributed by atoms with Gasteiger partial charge in [-0.05, 0) is 50.4 Å². The van der Waals surface area contributed by atoms with E-state index in [4.69, 9.17) is 4.84 Å². The van der Waals surface area contributed by atoms with Crippen LogP contribution in [0.25, 0.3) is 0 Å². The molecule has 2 aliphatic heterocycles. The summed E-state index contributed by atoms with van der Waals surface area (Å²) in [5.74, 6) is -0.156. The second-order valence-electron chi connectivity index (χ2n) is 7.52. The number of amides is 1. The third-order valence-corrected chi connectivity index (χ3v) is 5.47. The van der Waals surface area contributed by atoms with E-state index in [1.165, 1.54) is 12.1 Å². The van der Waals surface area contributed by atoms with Gasteiger partial charge in [0, 0.05) is 25.4 Å². The van der Waals surface area contributed by atoms with Gasteiger partial charge in [0.1, 0.15) is 11.9 Å². The minimum absolute atomic E-state index is 0.109. The van der Waals surface area contributed by atoms with Crippen LogP contribution in [0.3, 0.4) is 0 Å². The second-order valence-corrected chi connectivity index (χ2v) is 7.52. The van der Waals surface area contributed by atoms with Gasteiger partial charge in [-0.2, -0.15) is 0 Å². The van der Waals surface area contributed by atoms with Crippen LogP contribution in [0.15, 0.2) is 29.4 Å². The van der Waals surface area contributed by atoms with Gasteiger partial charge in [-0.15, -0.1) is 0 Å². The molecule has 0 saturated carbocycles. The van der Waals surface area contributed by atoms with Crippen LogP contribution < -0.4 is 10.6 Å². The Bertz CT molecular complexity index is 654. The molecule has 0 aromatic heterocycles. The first-order valence-electron chi connectivity index (χ1n) is 9.53. The van der Waals surface area contributed by atoms with Crippen LogP contribution in [-0.4, -0.2) is 36.9 Å². The van der Waals surface area contributed by atoms with Gasteiger partial charge in [0.15, 0.2) is 0 Å². The van der Waals surface area contributed by atoms with Gasteiger partial charge in [0.05, 0.1) is 11.1 Å². The Morgan fingerprint density at radius 2 is 2.23 bits per heavy atom. The lowest BCUT2D eigenvalue weighted by molar-refractivity contribution is -0.135. The Hall–Kier alpha value is -1.95. The van der Waals surface area contributed by atoms with Crippen molar-refractivity contribution in [2.24, 2.45) is 10.6 Å². The van der Waals surface area contributed by atoms with Crippen molar-refractivity contribution in [3.63, 3.8) is 0 Å². The summed E-state index contributed by atoms with van der Waals surface area (Å²) in [6, 6.07) is 6.45. The van der Waals surface area contributed by atoms with Crippen LogP contribution in [0.5, 0.6) is 0 Å². The number of carbonyl (C=O) groups is 1. The van der Waals surface area contributed by atoms with Crippen molar-refractivity contribution in [1.29, 1.82) is 0 Å². The van der Waals surface area contributed by atoms with Crippen molar-refractivity contribution in [3.8, 4) is 0 Å². The van der Waals surface area contributed by atoms with Crippen LogP contribution in [0.1, 0.15) is 51.5 Å². The van der Waals surface area contributed by atoms with Crippen molar-refractivity contribution < 1.29 is 14.0 Å². The molecule has 0 radical (unpaired) electrons. The average Bonchev–Trinajstić information content (AvgIpc) is 3.11. The molecule has 0 aliphatic carbocycles. The van der Waals surface area contributed by atoms with Gasteiger partial charge < -0.3 is 15.5 Å². The fourth-order valence-corrected chi connectivity index (χ4v) is 3.69. The standard InChI is InChI=1S/C20H28FN3O2/c1-3-14(2)23-19(25)20(9-4-10-22-13-20)12-17-11-18(24-26-17)15-5-7-16(21)8-6-15/h5-8,14,17,22H,3-4,9-13H2,1-2H3,(H,23,25)/t14-,17+,20+/m0/s1. The number of halogens is 1. The number of piperidine rings is 1. The summed E-state index contributed by atoms with van der Waals surface area (Å²) < 4.78 is 13.1. The Kier molecular flexibility index (Phi) is 5.91. The third-order valence-electron chi connectivity index (χ3n) is 5.47. The van der Waals surface area contributed by atoms with E-state index >= 15 is 0 Å². The molecule has 1 saturated heterocycles. The Balaban J connectivity index is 1.66. The maximum absolute atomic E-state index is 13.1. The SMILES string of the molecule is CC[C@H](C)NC(=O)[C@@]1(C[C@H]2CC(c3ccc(F)cc3)=NO2)CCCNC1. The van der Waals surface area contributed by atoms with E-state index < -0.39 is 5.41 Å². The quantitative estimate of drug-likeness (QED) is 0.819. The van der Waals surface area contributed by atoms with Crippen LogP contribution >= 0.6 is 0 Å². The summed E-state index contributed by atoms with van der Waals surface area (Å²) in [6.45, 7) is 5.71. The summed E-state index contributed by atoms with van der Waals surface area (Å²) in [4.78, 5) is 18.6. The smallest absolute Gasteiger partial charge is 0.227 e. The van der Waals surface area contributed by atoms with E-state index in [1.54, 1.807) is 12.1 Å². The van der Waals surface area contributed by atoms with Gasteiger partial charge in [-0.3, -0.25) is 4.79 Å². The monoisotopic (exact) mass is 361 g/mol. The zero-order chi connectivity index (χ0) is 18.6. The molecule has 0 bridgehead atoms. The number of nitrogens with one attached hydrogen (secondary N) is 2. The van der Waals surface area contributed by atoms with Gasteiger partial charge in [-0.25, -0.2) is 4.39 Å². The predicted molar refractivity (Wildman–Crippen MR) is 99.5 cm³/mol. The van der Waals surface area contributed by atoms with E-state index in [2.05, 4.69) is 22.7 Å². The normalized spacial score (nSPS) is 26.7. The highest BCUT2D eigenvalue weighted by Crippen LogP contribution is 2.35. The first-order chi connectivity index (χ1) is 12.5. The lowest BCUT2D eigenvalue weighted by atomic mass is 9.74. The first kappa shape index (κ1) is 18.8. The summed E-state index contributed by atoms with van der Waals surface area (Å²) in [7, 11) is 0. The molecule has 6 heteroatoms. The molecule has 0 unspecified atom stereocenters. The fourth-order valence-electron chi connectivity index (χ4n) is 3.69. The first-order valence-corrected chi connectivity index (χ1v) is 9.53. The molecule has 1 fully saturated rings. The molecular weight excluding hydrogens is 333 g/mol. The van der Waals surface area contributed by atoms with Crippen LogP contribution in [0, 0.1) is 11.2 Å². The van der Waals surface area contributed by atoms with E-state index in [9.17, 15) is 9.18 Å². The average molecular weight is 361 g/mol. The van der Waals surface area contributed by atoms with Gasteiger partial charge >= 0.3 is 0 Å². The molecule has 142 valence electrons. The molecule has 2 N–H and O–H groups in total. The highest BCUT2D eigenvalue weighted by Gasteiger charge is 2.43. The summed E-state index contributed by atoms with van der Waals surface area (Å²) in [5, 5.41) is 10.7. The molecule has 2 heterocycles. The molecule has 3 rings (SSSR count). The minimum atomic E-state index is -0.458. The van der Waals surface area contributed by atoms with E-state index in [0.29, 0.717) is 19.4 Å². The molecule has 1 aromatic carbocycles. The van der Waals surface area contributed by atoms with Crippen LogP contribution in [0.2, 0.25) is 0 Å². The van der Waals surface area contributed by atoms with Crippen LogP contribution in [-0.2, 0) is 9.63 Å². The molecule has 2 aliphatic rings. The van der Waals surface area contributed by atoms with Crippen LogP contribution in [0.4, 0.5) is 4.39 Å². The number of carbonyl (C=O) groups excluding carboxylic acids is 1. The second kappa shape index (κ2) is 8.16. The number of hydrogen-bond donors (Lipinski definition) is 2. The topological polar surface area (TPSA) is 62.7 Å². The highest BCUT2D eigenvalue weighted by atomic mass is 19.1. The summed E-state index contributed by atoms with van der Waals surface area (Å²) in [5.41, 5.74) is 1.23. The molecule has 1 amide bonds. The van der Waals surface area contributed by atoms with E-state index in [1.807, 2.05) is 6.92 Å². The van der Waals surface area contributed by atoms with Gasteiger partial charge in [-0.1, -0.05) is 24.2 Å². The number of rotatable bonds is 6.